The Hall–Kier alpha value is -6.32. The smallest absolute Gasteiger partial charge is 0.467 e. The number of esters is 3. The topological polar surface area (TPSA) is 259 Å². The second kappa shape index (κ2) is 25.8. The number of carbonyl (C=O) groups is 5. The summed E-state index contributed by atoms with van der Waals surface area (Å²) in [5.41, 5.74) is 14.9. The standard InChI is InChI=1S/C51H51Cl3N4O16/c1-28(59)22-23-38(61)65-27-37-40(41(66-24-30-14-6-4-7-15-30)39(57-58-56)47(70-37)74-49(55)51(52,53)54)71-48-45(69-29(2)60)42(67-25-31-16-8-5-9-17-31)43(44(72-48)46(62)64-3)73-50(63)68-26-36-34-20-12-10-18-32(34)33-19-11-13-21-35(33)36/h4-21,36-37,39-45,47-48,55H,22-27H2,1-3H3/t37-,39-,40-,41-,42+,43+,44+,45-,47?,48-/m1/s1. The van der Waals surface area contributed by atoms with E-state index in [9.17, 15) is 29.5 Å². The molecule has 1 N–H and O–H groups in total. The maximum atomic E-state index is 14.0. The normalized spacial score (nSPS) is 24.2. The number of Topliss-reactive ketones (excluding diaryl/α,β-unsaturated/α-hetero) is 1. The lowest BCUT2D eigenvalue weighted by Crippen LogP contribution is -2.67. The fourth-order valence-corrected chi connectivity index (χ4v) is 8.79. The van der Waals surface area contributed by atoms with Crippen LogP contribution in [-0.2, 0) is 84.5 Å². The van der Waals surface area contributed by atoms with Gasteiger partial charge in [0.25, 0.3) is 3.79 Å². The van der Waals surface area contributed by atoms with Crippen LogP contribution in [0.15, 0.2) is 114 Å². The average molecular weight is 1080 g/mol. The van der Waals surface area contributed by atoms with Crippen LogP contribution >= 0.6 is 34.8 Å². The number of nitrogens with one attached hydrogen (secondary N) is 1. The third-order valence-electron chi connectivity index (χ3n) is 12.0. The molecule has 392 valence electrons. The molecule has 1 aliphatic carbocycles. The van der Waals surface area contributed by atoms with Crippen molar-refractivity contribution in [3.63, 3.8) is 0 Å². The van der Waals surface area contributed by atoms with Crippen molar-refractivity contribution < 1.29 is 76.1 Å². The number of fused-ring (bicyclic) bond motifs is 3. The predicted octanol–water partition coefficient (Wildman–Crippen LogP) is 8.39. The van der Waals surface area contributed by atoms with Gasteiger partial charge in [-0.2, -0.15) is 0 Å². The Morgan fingerprint density at radius 1 is 0.676 bits per heavy atom. The van der Waals surface area contributed by atoms with E-state index in [1.165, 1.54) is 6.92 Å². The molecule has 2 heterocycles. The highest BCUT2D eigenvalue weighted by molar-refractivity contribution is 6.76. The minimum atomic E-state index is -2.45. The first-order valence-electron chi connectivity index (χ1n) is 23.1. The molecule has 74 heavy (non-hydrogen) atoms. The molecular weight excluding hydrogens is 1030 g/mol. The van der Waals surface area contributed by atoms with Gasteiger partial charge < -0.3 is 56.9 Å². The van der Waals surface area contributed by atoms with E-state index in [0.29, 0.717) is 11.1 Å². The summed E-state index contributed by atoms with van der Waals surface area (Å²) < 4.78 is 63.8. The van der Waals surface area contributed by atoms with Gasteiger partial charge in [-0.3, -0.25) is 15.0 Å². The van der Waals surface area contributed by atoms with Gasteiger partial charge in [0.15, 0.2) is 24.6 Å². The molecule has 0 saturated carbocycles. The van der Waals surface area contributed by atoms with E-state index in [1.54, 1.807) is 60.7 Å². The summed E-state index contributed by atoms with van der Waals surface area (Å²) in [6.07, 6.45) is -17.2. The molecule has 2 saturated heterocycles. The number of benzene rings is 4. The second-order valence-corrected chi connectivity index (χ2v) is 19.4. The summed E-state index contributed by atoms with van der Waals surface area (Å²) in [7, 11) is 1.06. The number of rotatable bonds is 20. The van der Waals surface area contributed by atoms with Crippen LogP contribution in [0.5, 0.6) is 0 Å². The molecule has 0 aromatic heterocycles. The van der Waals surface area contributed by atoms with Crippen molar-refractivity contribution in [3.05, 3.63) is 142 Å². The van der Waals surface area contributed by atoms with Crippen LogP contribution in [0.1, 0.15) is 54.9 Å². The van der Waals surface area contributed by atoms with Crippen molar-refractivity contribution in [2.75, 3.05) is 20.3 Å². The molecule has 1 unspecified atom stereocenters. The van der Waals surface area contributed by atoms with Crippen molar-refractivity contribution in [3.8, 4) is 11.1 Å². The van der Waals surface area contributed by atoms with Crippen LogP contribution < -0.4 is 0 Å². The minimum absolute atomic E-state index is 0.156. The molecule has 0 spiro atoms. The molecule has 23 heteroatoms. The monoisotopic (exact) mass is 1080 g/mol. The highest BCUT2D eigenvalue weighted by Gasteiger charge is 2.58. The summed E-state index contributed by atoms with van der Waals surface area (Å²) >= 11 is 18.0. The number of ether oxygens (including phenoxy) is 11. The van der Waals surface area contributed by atoms with Crippen LogP contribution in [0.2, 0.25) is 0 Å². The zero-order chi connectivity index (χ0) is 52.9. The molecule has 0 radical (unpaired) electrons. The Labute approximate surface area is 439 Å². The first-order valence-corrected chi connectivity index (χ1v) is 24.2. The fourth-order valence-electron chi connectivity index (χ4n) is 8.65. The number of azide groups is 1. The Balaban J connectivity index is 1.27. The Bertz CT molecular complexity index is 2630. The Kier molecular flexibility index (Phi) is 19.3. The van der Waals surface area contributed by atoms with Crippen LogP contribution in [0, 0.1) is 5.41 Å². The quantitative estimate of drug-likeness (QED) is 0.0127. The molecule has 7 rings (SSSR count). The molecule has 20 nitrogen and oxygen atoms in total. The largest absolute Gasteiger partial charge is 0.508 e. The lowest BCUT2D eigenvalue weighted by Gasteiger charge is -2.48. The summed E-state index contributed by atoms with van der Waals surface area (Å²) in [4.78, 5) is 69.0. The average Bonchev–Trinajstić information content (AvgIpc) is 3.71. The van der Waals surface area contributed by atoms with Gasteiger partial charge in [-0.15, -0.1) is 0 Å². The van der Waals surface area contributed by atoms with Gasteiger partial charge in [0.05, 0.1) is 26.7 Å². The summed E-state index contributed by atoms with van der Waals surface area (Å²) in [6.45, 7) is 1.09. The maximum absolute atomic E-state index is 14.0. The molecule has 10 atom stereocenters. The zero-order valence-corrected chi connectivity index (χ0v) is 42.3. The highest BCUT2D eigenvalue weighted by Crippen LogP contribution is 2.45. The van der Waals surface area contributed by atoms with E-state index in [2.05, 4.69) is 10.0 Å². The van der Waals surface area contributed by atoms with Crippen molar-refractivity contribution in [2.24, 2.45) is 5.11 Å². The first kappa shape index (κ1) is 55.4. The number of methoxy groups -OCH3 is 1. The second-order valence-electron chi connectivity index (χ2n) is 17.1. The minimum Gasteiger partial charge on any atom is -0.467 e. The molecule has 4 aromatic carbocycles. The van der Waals surface area contributed by atoms with Gasteiger partial charge in [0.2, 0.25) is 12.2 Å². The maximum Gasteiger partial charge on any atom is 0.508 e. The number of ketones is 1. The number of hydrogen-bond acceptors (Lipinski definition) is 18. The molecule has 4 aromatic rings. The van der Waals surface area contributed by atoms with Gasteiger partial charge in [-0.05, 0) is 45.8 Å². The van der Waals surface area contributed by atoms with Gasteiger partial charge in [0, 0.05) is 24.2 Å². The van der Waals surface area contributed by atoms with Crippen molar-refractivity contribution in [2.45, 2.75) is 111 Å². The summed E-state index contributed by atoms with van der Waals surface area (Å²) in [5, 5.41) is 12.3. The fraction of sp³-hybridized carbons (Fsp3) is 0.412. The van der Waals surface area contributed by atoms with E-state index in [1.807, 2.05) is 48.5 Å². The predicted molar refractivity (Wildman–Crippen MR) is 263 cm³/mol. The third kappa shape index (κ3) is 14.1. The highest BCUT2D eigenvalue weighted by atomic mass is 35.6. The van der Waals surface area contributed by atoms with Crippen molar-refractivity contribution in [1.29, 1.82) is 5.41 Å². The lowest BCUT2D eigenvalue weighted by molar-refractivity contribution is -0.346. The number of carbonyl (C=O) groups excluding carboxylic acids is 5. The third-order valence-corrected chi connectivity index (χ3v) is 12.6. The van der Waals surface area contributed by atoms with E-state index in [-0.39, 0.29) is 44.4 Å². The first-order chi connectivity index (χ1) is 35.6. The molecule has 0 amide bonds. The number of halogens is 3. The summed E-state index contributed by atoms with van der Waals surface area (Å²) in [6, 6.07) is 31.2. The van der Waals surface area contributed by atoms with Crippen molar-refractivity contribution in [1.82, 2.24) is 0 Å². The van der Waals surface area contributed by atoms with Crippen LogP contribution in [0.3, 0.4) is 0 Å². The van der Waals surface area contributed by atoms with E-state index in [4.69, 9.17) is 92.3 Å². The number of nitrogens with zero attached hydrogens (tertiary/aromatic N) is 3. The van der Waals surface area contributed by atoms with Crippen molar-refractivity contribution >= 4 is 70.5 Å². The van der Waals surface area contributed by atoms with E-state index >= 15 is 0 Å². The molecule has 0 bridgehead atoms. The summed E-state index contributed by atoms with van der Waals surface area (Å²) in [5.74, 6) is -4.48. The SMILES string of the molecule is COC(=O)[C@H]1O[C@@H](O[C@H]2[C@H](OCc3ccccc3)[C@@H](N=[N+]=[N-])C(OC(=N)C(Cl)(Cl)Cl)O[C@@H]2COC(=O)CCC(C)=O)[C@H](OC(C)=O)[C@@H](OCc2ccccc2)[C@@H]1OC(=O)OCC1c2ccccc2-c2ccccc21. The van der Waals surface area contributed by atoms with Crippen LogP contribution in [0.4, 0.5) is 4.79 Å². The van der Waals surface area contributed by atoms with Gasteiger partial charge in [-0.25, -0.2) is 9.59 Å². The Morgan fingerprint density at radius 3 is 1.81 bits per heavy atom. The Morgan fingerprint density at radius 2 is 1.26 bits per heavy atom. The molecule has 3 aliphatic rings. The van der Waals surface area contributed by atoms with Crippen LogP contribution in [0.25, 0.3) is 21.6 Å². The van der Waals surface area contributed by atoms with E-state index in [0.717, 1.165) is 36.3 Å². The van der Waals surface area contributed by atoms with E-state index < -0.39 is 102 Å². The molecule has 2 aliphatic heterocycles. The number of hydrogen-bond donors (Lipinski definition) is 1. The van der Waals surface area contributed by atoms with Gasteiger partial charge >= 0.3 is 24.1 Å². The molecule has 2 fully saturated rings. The zero-order valence-electron chi connectivity index (χ0n) is 40.0. The molecular formula is C51H51Cl3N4O16. The lowest BCUT2D eigenvalue weighted by atomic mass is 9.95. The van der Waals surface area contributed by atoms with Gasteiger partial charge in [0.1, 0.15) is 49.5 Å². The van der Waals surface area contributed by atoms with Crippen LogP contribution in [-0.4, -0.2) is 121 Å². The number of alkyl halides is 3. The van der Waals surface area contributed by atoms with Gasteiger partial charge in [-0.1, -0.05) is 149 Å².